The van der Waals surface area contributed by atoms with Crippen molar-refractivity contribution in [1.82, 2.24) is 0 Å². The molecule has 0 bridgehead atoms. The fourth-order valence-corrected chi connectivity index (χ4v) is 2.64. The number of carbonyl (C=O) groups excluding carboxylic acids is 1. The molecule has 0 aromatic heterocycles. The molecule has 4 atom stereocenters. The third-order valence-electron chi connectivity index (χ3n) is 3.33. The summed E-state index contributed by atoms with van der Waals surface area (Å²) >= 11 is 0. The Morgan fingerprint density at radius 1 is 1.00 bits per heavy atom. The summed E-state index contributed by atoms with van der Waals surface area (Å²) in [5, 5.41) is 0. The average Bonchev–Trinajstić information content (AvgIpc) is 2.81. The second-order valence-corrected chi connectivity index (χ2v) is 5.79. The molecule has 0 spiro atoms. The Kier molecular flexibility index (Phi) is 2.51. The van der Waals surface area contributed by atoms with Crippen molar-refractivity contribution in [1.29, 1.82) is 0 Å². The van der Waals surface area contributed by atoms with Crippen LogP contribution < -0.4 is 0 Å². The fourth-order valence-electron chi connectivity index (χ4n) is 2.64. The molecule has 0 radical (unpaired) electrons. The maximum Gasteiger partial charge on any atom is 0.338 e. The van der Waals surface area contributed by atoms with Crippen LogP contribution in [0.5, 0.6) is 0 Å². The van der Waals surface area contributed by atoms with Crippen molar-refractivity contribution >= 4 is 5.97 Å². The summed E-state index contributed by atoms with van der Waals surface area (Å²) in [4.78, 5) is 11.7. The zero-order valence-corrected chi connectivity index (χ0v) is 11.0. The van der Waals surface area contributed by atoms with Crippen LogP contribution >= 0.6 is 0 Å². The smallest absolute Gasteiger partial charge is 0.338 e. The largest absolute Gasteiger partial charge is 0.455 e. The van der Waals surface area contributed by atoms with Gasteiger partial charge < -0.3 is 23.7 Å². The number of fused-ring (bicyclic) bond motifs is 1. The van der Waals surface area contributed by atoms with E-state index in [2.05, 4.69) is 0 Å². The van der Waals surface area contributed by atoms with Crippen molar-refractivity contribution in [3.63, 3.8) is 0 Å². The lowest BCUT2D eigenvalue weighted by Gasteiger charge is -2.25. The highest BCUT2D eigenvalue weighted by Gasteiger charge is 2.59. The standard InChI is InChI=1S/C12H18O6/c1-11(2)14-5-6(16-11)7-8-9(10(13)15-7)18-12(3,4)17-8/h6-9H,5H2,1-4H3/t6?,7-,8+,9?/m0/s1. The molecule has 3 fully saturated rings. The molecule has 0 aliphatic carbocycles. The molecule has 18 heavy (non-hydrogen) atoms. The van der Waals surface area contributed by atoms with Gasteiger partial charge in [-0.15, -0.1) is 0 Å². The number of ether oxygens (including phenoxy) is 5. The van der Waals surface area contributed by atoms with Gasteiger partial charge in [-0.05, 0) is 27.7 Å². The molecule has 2 unspecified atom stereocenters. The molecule has 3 aliphatic rings. The minimum atomic E-state index is -0.762. The summed E-state index contributed by atoms with van der Waals surface area (Å²) in [5.41, 5.74) is 0. The summed E-state index contributed by atoms with van der Waals surface area (Å²) < 4.78 is 27.8. The van der Waals surface area contributed by atoms with Crippen LogP contribution in [0.1, 0.15) is 27.7 Å². The lowest BCUT2D eigenvalue weighted by molar-refractivity contribution is -0.200. The summed E-state index contributed by atoms with van der Waals surface area (Å²) in [6.07, 6.45) is -1.85. The molecule has 102 valence electrons. The number of hydrogen-bond acceptors (Lipinski definition) is 6. The van der Waals surface area contributed by atoms with Crippen LogP contribution in [0.15, 0.2) is 0 Å². The van der Waals surface area contributed by atoms with Crippen LogP contribution in [-0.2, 0) is 28.5 Å². The summed E-state index contributed by atoms with van der Waals surface area (Å²) in [6, 6.07) is 0. The third-order valence-corrected chi connectivity index (χ3v) is 3.33. The summed E-state index contributed by atoms with van der Waals surface area (Å²) in [6.45, 7) is 7.61. The second kappa shape index (κ2) is 3.66. The second-order valence-electron chi connectivity index (χ2n) is 5.79. The first-order valence-corrected chi connectivity index (χ1v) is 6.15. The van der Waals surface area contributed by atoms with Crippen LogP contribution in [0.4, 0.5) is 0 Å². The third kappa shape index (κ3) is 1.93. The van der Waals surface area contributed by atoms with Gasteiger partial charge in [-0.2, -0.15) is 0 Å². The SMILES string of the molecule is CC1(C)OCC([C@@H]2OC(=O)C3OC(C)(C)O[C@@H]32)O1. The van der Waals surface area contributed by atoms with Gasteiger partial charge >= 0.3 is 5.97 Å². The Morgan fingerprint density at radius 3 is 2.33 bits per heavy atom. The highest BCUT2D eigenvalue weighted by molar-refractivity contribution is 5.78. The molecule has 0 saturated carbocycles. The van der Waals surface area contributed by atoms with Crippen LogP contribution in [0, 0.1) is 0 Å². The van der Waals surface area contributed by atoms with Gasteiger partial charge in [0.2, 0.25) is 0 Å². The normalized spacial score (nSPS) is 45.0. The van der Waals surface area contributed by atoms with Crippen molar-refractivity contribution in [2.24, 2.45) is 0 Å². The van der Waals surface area contributed by atoms with E-state index in [1.807, 2.05) is 13.8 Å². The predicted molar refractivity (Wildman–Crippen MR) is 58.6 cm³/mol. The average molecular weight is 258 g/mol. The number of cyclic esters (lactones) is 1. The summed E-state index contributed by atoms with van der Waals surface area (Å²) in [7, 11) is 0. The Labute approximate surface area is 105 Å². The highest BCUT2D eigenvalue weighted by atomic mass is 16.8. The van der Waals surface area contributed by atoms with Gasteiger partial charge in [0.05, 0.1) is 6.61 Å². The highest BCUT2D eigenvalue weighted by Crippen LogP contribution is 2.39. The van der Waals surface area contributed by atoms with Gasteiger partial charge in [-0.3, -0.25) is 0 Å². The van der Waals surface area contributed by atoms with E-state index in [4.69, 9.17) is 23.7 Å². The zero-order valence-electron chi connectivity index (χ0n) is 11.0. The Balaban J connectivity index is 1.77. The number of rotatable bonds is 1. The van der Waals surface area contributed by atoms with Crippen molar-refractivity contribution in [3.8, 4) is 0 Å². The van der Waals surface area contributed by atoms with Crippen molar-refractivity contribution in [3.05, 3.63) is 0 Å². The number of carbonyl (C=O) groups is 1. The van der Waals surface area contributed by atoms with E-state index in [1.54, 1.807) is 13.8 Å². The molecule has 3 rings (SSSR count). The van der Waals surface area contributed by atoms with Crippen LogP contribution in [0.2, 0.25) is 0 Å². The van der Waals surface area contributed by atoms with Gasteiger partial charge in [0.15, 0.2) is 23.8 Å². The molecule has 6 heteroatoms. The first-order chi connectivity index (χ1) is 8.27. The van der Waals surface area contributed by atoms with Gasteiger partial charge in [-0.1, -0.05) is 0 Å². The molecule has 3 heterocycles. The van der Waals surface area contributed by atoms with Crippen LogP contribution in [0.25, 0.3) is 0 Å². The molecule has 0 N–H and O–H groups in total. The molecule has 0 amide bonds. The first-order valence-electron chi connectivity index (χ1n) is 6.15. The Morgan fingerprint density at radius 2 is 1.72 bits per heavy atom. The van der Waals surface area contributed by atoms with E-state index in [1.165, 1.54) is 0 Å². The monoisotopic (exact) mass is 258 g/mol. The minimum Gasteiger partial charge on any atom is -0.455 e. The van der Waals surface area contributed by atoms with Crippen molar-refractivity contribution < 1.29 is 28.5 Å². The van der Waals surface area contributed by atoms with Crippen molar-refractivity contribution in [2.75, 3.05) is 6.61 Å². The van der Waals surface area contributed by atoms with Gasteiger partial charge in [0.25, 0.3) is 0 Å². The zero-order chi connectivity index (χ0) is 13.1. The number of hydrogen-bond donors (Lipinski definition) is 0. The van der Waals surface area contributed by atoms with Gasteiger partial charge in [-0.25, -0.2) is 4.79 Å². The number of esters is 1. The van der Waals surface area contributed by atoms with Gasteiger partial charge in [0.1, 0.15) is 12.2 Å². The van der Waals surface area contributed by atoms with E-state index < -0.39 is 29.9 Å². The van der Waals surface area contributed by atoms with Crippen LogP contribution in [-0.4, -0.2) is 48.6 Å². The fraction of sp³-hybridized carbons (Fsp3) is 0.917. The maximum atomic E-state index is 11.7. The van der Waals surface area contributed by atoms with E-state index in [9.17, 15) is 4.79 Å². The van der Waals surface area contributed by atoms with Gasteiger partial charge in [0, 0.05) is 0 Å². The van der Waals surface area contributed by atoms with E-state index in [0.717, 1.165) is 0 Å². The predicted octanol–water partition coefficient (Wildman–Crippen LogP) is 0.583. The molecule has 0 aromatic rings. The topological polar surface area (TPSA) is 63.2 Å². The Bertz CT molecular complexity index is 377. The van der Waals surface area contributed by atoms with E-state index >= 15 is 0 Å². The van der Waals surface area contributed by atoms with Crippen molar-refractivity contribution in [2.45, 2.75) is 63.7 Å². The lowest BCUT2D eigenvalue weighted by Crippen LogP contribution is -2.40. The molecule has 0 aromatic carbocycles. The maximum absolute atomic E-state index is 11.7. The quantitative estimate of drug-likeness (QED) is 0.641. The molecular formula is C12H18O6. The first kappa shape index (κ1) is 12.3. The van der Waals surface area contributed by atoms with Crippen LogP contribution in [0.3, 0.4) is 0 Å². The van der Waals surface area contributed by atoms with E-state index in [-0.39, 0.29) is 12.1 Å². The lowest BCUT2D eigenvalue weighted by atomic mass is 10.1. The molecule has 3 saturated heterocycles. The molecular weight excluding hydrogens is 240 g/mol. The molecule has 6 nitrogen and oxygen atoms in total. The minimum absolute atomic E-state index is 0.309. The van der Waals surface area contributed by atoms with E-state index in [0.29, 0.717) is 6.61 Å². The Hall–Kier alpha value is -0.690. The molecule has 3 aliphatic heterocycles. The summed E-state index contributed by atoms with van der Waals surface area (Å²) in [5.74, 6) is -1.80.